The topological polar surface area (TPSA) is 45.8 Å². The van der Waals surface area contributed by atoms with E-state index in [1.54, 1.807) is 13.0 Å². The van der Waals surface area contributed by atoms with Gasteiger partial charge in [-0.2, -0.15) is 0 Å². The lowest BCUT2D eigenvalue weighted by molar-refractivity contribution is 0.104. The number of carbonyl (C=O) groups is 1. The van der Waals surface area contributed by atoms with Crippen LogP contribution in [-0.2, 0) is 0 Å². The van der Waals surface area contributed by atoms with Crippen LogP contribution in [0.4, 0.5) is 0 Å². The van der Waals surface area contributed by atoms with Crippen LogP contribution in [0.2, 0.25) is 0 Å². The second kappa shape index (κ2) is 2.96. The predicted octanol–water partition coefficient (Wildman–Crippen LogP) is 1.17. The molecular weight excluding hydrogens is 128 g/mol. The second-order valence-electron chi connectivity index (χ2n) is 1.83. The molecule has 0 saturated heterocycles. The lowest BCUT2D eigenvalue weighted by atomic mass is 10.3. The lowest BCUT2D eigenvalue weighted by Gasteiger charge is -1.84. The van der Waals surface area contributed by atoms with Crippen LogP contribution in [0.3, 0.4) is 0 Å². The Bertz CT molecular complexity index is 236. The van der Waals surface area contributed by atoms with Crippen LogP contribution in [0.5, 0.6) is 0 Å². The van der Waals surface area contributed by atoms with E-state index in [-0.39, 0.29) is 5.78 Å². The van der Waals surface area contributed by atoms with Gasteiger partial charge in [0.2, 0.25) is 5.78 Å². The van der Waals surface area contributed by atoms with Gasteiger partial charge in [-0.15, -0.1) is 0 Å². The fourth-order valence-electron chi connectivity index (χ4n) is 0.632. The molecule has 1 heterocycles. The molecule has 0 bridgehead atoms. The van der Waals surface area contributed by atoms with Crippen LogP contribution >= 0.6 is 0 Å². The monoisotopic (exact) mass is 136 g/mol. The van der Waals surface area contributed by atoms with Gasteiger partial charge < -0.3 is 4.98 Å². The quantitative estimate of drug-likeness (QED) is 0.490. The minimum atomic E-state index is -0.0417. The maximum atomic E-state index is 10.9. The molecule has 10 heavy (non-hydrogen) atoms. The third-order valence-corrected chi connectivity index (χ3v) is 1.08. The molecule has 0 aliphatic carbocycles. The average molecular weight is 136 g/mol. The third kappa shape index (κ3) is 1.31. The summed E-state index contributed by atoms with van der Waals surface area (Å²) < 4.78 is 0. The minimum absolute atomic E-state index is 0.0417. The van der Waals surface area contributed by atoms with E-state index in [1.165, 1.54) is 18.6 Å². The number of aromatic nitrogens is 2. The maximum absolute atomic E-state index is 10.9. The Kier molecular flexibility index (Phi) is 1.99. The second-order valence-corrected chi connectivity index (χ2v) is 1.83. The zero-order valence-electron chi connectivity index (χ0n) is 5.66. The molecule has 0 fully saturated rings. The molecule has 0 radical (unpaired) electrons. The largest absolute Gasteiger partial charge is 0.342 e. The highest BCUT2D eigenvalue weighted by atomic mass is 16.1. The molecule has 0 amide bonds. The van der Waals surface area contributed by atoms with Crippen LogP contribution in [0.25, 0.3) is 0 Å². The van der Waals surface area contributed by atoms with Crippen molar-refractivity contribution in [3.63, 3.8) is 0 Å². The molecule has 1 rings (SSSR count). The molecule has 1 aromatic heterocycles. The molecule has 0 atom stereocenters. The molecular formula is C7H8N2O. The first-order chi connectivity index (χ1) is 4.84. The van der Waals surface area contributed by atoms with Gasteiger partial charge in [-0.25, -0.2) is 4.98 Å². The van der Waals surface area contributed by atoms with Crippen molar-refractivity contribution < 1.29 is 4.79 Å². The van der Waals surface area contributed by atoms with Gasteiger partial charge in [0.25, 0.3) is 0 Å². The summed E-state index contributed by atoms with van der Waals surface area (Å²) in [5, 5.41) is 0. The summed E-state index contributed by atoms with van der Waals surface area (Å²) >= 11 is 0. The molecule has 1 aromatic rings. The Balaban J connectivity index is 2.78. The zero-order valence-corrected chi connectivity index (χ0v) is 5.66. The number of H-pyrrole nitrogens is 1. The van der Waals surface area contributed by atoms with Crippen LogP contribution in [0.15, 0.2) is 24.7 Å². The Labute approximate surface area is 58.8 Å². The van der Waals surface area contributed by atoms with E-state index in [1.807, 2.05) is 0 Å². The van der Waals surface area contributed by atoms with Crippen molar-refractivity contribution in [1.29, 1.82) is 0 Å². The van der Waals surface area contributed by atoms with Crippen LogP contribution in [-0.4, -0.2) is 15.8 Å². The number of ketones is 1. The SMILES string of the molecule is C/C=C/C(=O)c1cnc[nH]1. The number of rotatable bonds is 2. The number of nitrogens with zero attached hydrogens (tertiary/aromatic N) is 1. The first-order valence-corrected chi connectivity index (χ1v) is 3.00. The molecule has 0 unspecified atom stereocenters. The van der Waals surface area contributed by atoms with Crippen molar-refractivity contribution in [2.75, 3.05) is 0 Å². The molecule has 3 nitrogen and oxygen atoms in total. The highest BCUT2D eigenvalue weighted by molar-refractivity contribution is 6.02. The Morgan fingerprint density at radius 1 is 1.80 bits per heavy atom. The molecule has 0 aromatic carbocycles. The van der Waals surface area contributed by atoms with Crippen molar-refractivity contribution in [2.24, 2.45) is 0 Å². The zero-order chi connectivity index (χ0) is 7.40. The molecule has 1 N–H and O–H groups in total. The summed E-state index contributed by atoms with van der Waals surface area (Å²) in [6, 6.07) is 0. The highest BCUT2D eigenvalue weighted by Gasteiger charge is 1.99. The summed E-state index contributed by atoms with van der Waals surface area (Å²) in [6.45, 7) is 1.80. The summed E-state index contributed by atoms with van der Waals surface area (Å²) in [5.41, 5.74) is 0.526. The van der Waals surface area contributed by atoms with Gasteiger partial charge in [-0.05, 0) is 13.0 Å². The Hall–Kier alpha value is -1.38. The van der Waals surface area contributed by atoms with Gasteiger partial charge >= 0.3 is 0 Å². The number of allylic oxidation sites excluding steroid dienone is 2. The van der Waals surface area contributed by atoms with E-state index < -0.39 is 0 Å². The third-order valence-electron chi connectivity index (χ3n) is 1.08. The number of hydrogen-bond acceptors (Lipinski definition) is 2. The molecule has 52 valence electrons. The molecule has 0 aliphatic rings. The Morgan fingerprint density at radius 3 is 3.10 bits per heavy atom. The average Bonchev–Trinajstić information content (AvgIpc) is 2.38. The predicted molar refractivity (Wildman–Crippen MR) is 37.7 cm³/mol. The van der Waals surface area contributed by atoms with E-state index in [4.69, 9.17) is 0 Å². The van der Waals surface area contributed by atoms with Crippen molar-refractivity contribution >= 4 is 5.78 Å². The van der Waals surface area contributed by atoms with E-state index >= 15 is 0 Å². The summed E-state index contributed by atoms with van der Waals surface area (Å²) in [7, 11) is 0. The maximum Gasteiger partial charge on any atom is 0.203 e. The standard InChI is InChI=1S/C7H8N2O/c1-2-3-7(10)6-4-8-5-9-6/h2-5H,1H3,(H,8,9)/b3-2+. The lowest BCUT2D eigenvalue weighted by Crippen LogP contribution is -1.92. The van der Waals surface area contributed by atoms with Gasteiger partial charge in [0.05, 0.1) is 12.5 Å². The van der Waals surface area contributed by atoms with E-state index in [2.05, 4.69) is 9.97 Å². The smallest absolute Gasteiger partial charge is 0.203 e. The van der Waals surface area contributed by atoms with Crippen LogP contribution in [0.1, 0.15) is 17.4 Å². The highest BCUT2D eigenvalue weighted by Crippen LogP contribution is 1.93. The van der Waals surface area contributed by atoms with Crippen molar-refractivity contribution in [2.45, 2.75) is 6.92 Å². The summed E-state index contributed by atoms with van der Waals surface area (Å²) in [6.07, 6.45) is 6.18. The molecule has 0 saturated carbocycles. The number of carbonyl (C=O) groups excluding carboxylic acids is 1. The number of nitrogens with one attached hydrogen (secondary N) is 1. The fourth-order valence-corrected chi connectivity index (χ4v) is 0.632. The molecule has 3 heteroatoms. The van der Waals surface area contributed by atoms with Gasteiger partial charge in [-0.3, -0.25) is 4.79 Å². The van der Waals surface area contributed by atoms with E-state index in [0.29, 0.717) is 5.69 Å². The molecule has 0 aliphatic heterocycles. The van der Waals surface area contributed by atoms with Crippen molar-refractivity contribution in [1.82, 2.24) is 9.97 Å². The first-order valence-electron chi connectivity index (χ1n) is 3.00. The van der Waals surface area contributed by atoms with E-state index in [9.17, 15) is 4.79 Å². The van der Waals surface area contributed by atoms with E-state index in [0.717, 1.165) is 0 Å². The van der Waals surface area contributed by atoms with Gasteiger partial charge in [-0.1, -0.05) is 6.08 Å². The van der Waals surface area contributed by atoms with Crippen LogP contribution < -0.4 is 0 Å². The van der Waals surface area contributed by atoms with Gasteiger partial charge in [0, 0.05) is 0 Å². The van der Waals surface area contributed by atoms with Crippen molar-refractivity contribution in [3.05, 3.63) is 30.4 Å². The normalized spacial score (nSPS) is 10.5. The minimum Gasteiger partial charge on any atom is -0.342 e. The van der Waals surface area contributed by atoms with Gasteiger partial charge in [0.15, 0.2) is 0 Å². The first kappa shape index (κ1) is 6.74. The summed E-state index contributed by atoms with van der Waals surface area (Å²) in [4.78, 5) is 17.4. The van der Waals surface area contributed by atoms with Crippen molar-refractivity contribution in [3.8, 4) is 0 Å². The number of imidazole rings is 1. The molecule has 0 spiro atoms. The Morgan fingerprint density at radius 2 is 2.60 bits per heavy atom. The number of hydrogen-bond donors (Lipinski definition) is 1. The number of aromatic amines is 1. The van der Waals surface area contributed by atoms with Crippen LogP contribution in [0, 0.1) is 0 Å². The fraction of sp³-hybridized carbons (Fsp3) is 0.143. The summed E-state index contributed by atoms with van der Waals surface area (Å²) in [5.74, 6) is -0.0417. The van der Waals surface area contributed by atoms with Gasteiger partial charge in [0.1, 0.15) is 5.69 Å².